The van der Waals surface area contributed by atoms with E-state index in [1.165, 1.54) is 190 Å². The lowest BCUT2D eigenvalue weighted by atomic mass is 9.50. The Morgan fingerprint density at radius 3 is 1.13 bits per heavy atom. The van der Waals surface area contributed by atoms with Gasteiger partial charge in [0.25, 0.3) is 0 Å². The number of benzene rings is 2. The van der Waals surface area contributed by atoms with Crippen LogP contribution in [0.1, 0.15) is 273 Å². The van der Waals surface area contributed by atoms with Gasteiger partial charge in [-0.15, -0.1) is 0 Å². The van der Waals surface area contributed by atoms with E-state index < -0.39 is 60.6 Å². The van der Waals surface area contributed by atoms with Gasteiger partial charge in [-0.3, -0.25) is 9.59 Å². The third-order valence-corrected chi connectivity index (χ3v) is 36.6. The summed E-state index contributed by atoms with van der Waals surface area (Å²) in [5.74, 6) is 18.2. The molecule has 0 aromatic heterocycles. The van der Waals surface area contributed by atoms with Crippen LogP contribution in [0.15, 0.2) is 79.4 Å². The van der Waals surface area contributed by atoms with E-state index in [1.54, 1.807) is 51.1 Å². The van der Waals surface area contributed by atoms with E-state index in [-0.39, 0.29) is 60.8 Å². The Bertz CT molecular complexity index is 3980. The van der Waals surface area contributed by atoms with Crippen molar-refractivity contribution in [1.82, 2.24) is 0 Å². The number of aromatic hydroxyl groups is 2. The van der Waals surface area contributed by atoms with Crippen LogP contribution in [0, 0.1) is 106 Å². The van der Waals surface area contributed by atoms with Crippen LogP contribution in [0.25, 0.3) is 6.08 Å². The molecule has 1 unspecified atom stereocenters. The van der Waals surface area contributed by atoms with Crippen LogP contribution in [0.5, 0.6) is 11.5 Å². The fraction of sp³-hybridized carbons (Fsp3) is 0.755. The Kier molecular flexibility index (Phi) is 38.1. The Labute approximate surface area is 756 Å². The number of ether oxygens (including phenoxy) is 8. The second-order valence-electron chi connectivity index (χ2n) is 40.7. The van der Waals surface area contributed by atoms with Crippen molar-refractivity contribution in [2.24, 2.45) is 106 Å². The maximum Gasteiger partial charge on any atom is 0.367 e. The summed E-state index contributed by atoms with van der Waals surface area (Å²) in [5, 5.41) is 13.2. The number of carbonyl (C=O) groups is 6. The third-order valence-electron chi connectivity index (χ3n) is 30.3. The number of hydrogen-bond donors (Lipinski definition) is 2. The minimum absolute atomic E-state index is 0.0959. The first-order chi connectivity index (χ1) is 59.2. The fourth-order valence-electron chi connectivity index (χ4n) is 22.8. The molecule has 2 aromatic carbocycles. The molecule has 2 aliphatic heterocycles. The predicted octanol–water partition coefficient (Wildman–Crippen LogP) is 18.7. The van der Waals surface area contributed by atoms with Gasteiger partial charge in [-0.2, -0.15) is 8.78 Å². The molecule has 0 radical (unpaired) electrons. The van der Waals surface area contributed by atoms with E-state index in [0.717, 1.165) is 77.6 Å². The van der Waals surface area contributed by atoms with Gasteiger partial charge < -0.3 is 57.2 Å². The van der Waals surface area contributed by atoms with Crippen molar-refractivity contribution in [2.75, 3.05) is 67.1 Å². The molecular formula is C98H148F2O22S4. The number of rotatable bonds is 27. The van der Waals surface area contributed by atoms with Gasteiger partial charge in [0.05, 0.1) is 38.9 Å². The van der Waals surface area contributed by atoms with Gasteiger partial charge in [0.15, 0.2) is 30.3 Å². The number of halogens is 2. The van der Waals surface area contributed by atoms with Crippen LogP contribution >= 0.6 is 0 Å². The molecule has 2 N–H and O–H groups in total. The normalized spacial score (nSPS) is 31.4. The third kappa shape index (κ3) is 29.7. The molecular weight excluding hydrogens is 1700 g/mol. The summed E-state index contributed by atoms with van der Waals surface area (Å²) < 4.78 is 128. The van der Waals surface area contributed by atoms with Gasteiger partial charge in [-0.25, -0.2) is 36.0 Å². The first kappa shape index (κ1) is 104. The maximum atomic E-state index is 12.4. The second-order valence-corrected chi connectivity index (χ2v) is 48.4. The van der Waals surface area contributed by atoms with Crippen molar-refractivity contribution >= 4 is 83.9 Å². The van der Waals surface area contributed by atoms with Crippen LogP contribution in [0.4, 0.5) is 8.78 Å². The Balaban J connectivity index is 0.000000165. The lowest BCUT2D eigenvalue weighted by Gasteiger charge is -2.58. The molecule has 710 valence electrons. The largest absolute Gasteiger partial charge is 0.748 e. The average molecular weight is 1840 g/mol. The quantitative estimate of drug-likeness (QED) is 0.0209. The van der Waals surface area contributed by atoms with Crippen molar-refractivity contribution in [2.45, 2.75) is 291 Å². The lowest BCUT2D eigenvalue weighted by molar-refractivity contribution is -0.201. The molecule has 126 heavy (non-hydrogen) atoms. The number of phenolic OH excluding ortho intramolecular Hbond substituents is 2. The van der Waals surface area contributed by atoms with Crippen LogP contribution < -0.4 is 0 Å². The molecule has 16 aliphatic carbocycles. The van der Waals surface area contributed by atoms with Crippen LogP contribution in [0.2, 0.25) is 0 Å². The predicted molar refractivity (Wildman–Crippen MR) is 485 cm³/mol. The van der Waals surface area contributed by atoms with E-state index in [4.69, 9.17) is 38.6 Å². The number of phenols is 2. The average Bonchev–Trinajstić information content (AvgIpc) is 0.845. The van der Waals surface area contributed by atoms with E-state index >= 15 is 0 Å². The zero-order valence-electron chi connectivity index (χ0n) is 77.1. The monoisotopic (exact) mass is 1840 g/mol. The zero-order chi connectivity index (χ0) is 92.4. The lowest BCUT2D eigenvalue weighted by Crippen LogP contribution is -2.58. The minimum atomic E-state index is -5.81. The van der Waals surface area contributed by atoms with Crippen molar-refractivity contribution in [3.8, 4) is 11.5 Å². The summed E-state index contributed by atoms with van der Waals surface area (Å²) in [5.41, 5.74) is 1.31. The molecule has 16 bridgehead atoms. The molecule has 28 heteroatoms. The van der Waals surface area contributed by atoms with Crippen LogP contribution in [0.3, 0.4) is 0 Å². The van der Waals surface area contributed by atoms with Crippen molar-refractivity contribution in [3.05, 3.63) is 90.5 Å². The maximum absolute atomic E-state index is 12.4. The second kappa shape index (κ2) is 46.2. The van der Waals surface area contributed by atoms with E-state index in [9.17, 15) is 63.5 Å². The van der Waals surface area contributed by atoms with Crippen LogP contribution in [-0.4, -0.2) is 168 Å². The minimum Gasteiger partial charge on any atom is -0.748 e. The highest BCUT2D eigenvalue weighted by atomic mass is 32.2. The van der Waals surface area contributed by atoms with Gasteiger partial charge in [0.1, 0.15) is 52.3 Å². The van der Waals surface area contributed by atoms with E-state index in [0.29, 0.717) is 110 Å². The van der Waals surface area contributed by atoms with Crippen molar-refractivity contribution in [3.63, 3.8) is 0 Å². The van der Waals surface area contributed by atoms with Gasteiger partial charge in [0.2, 0.25) is 11.5 Å². The number of alkyl halides is 2. The highest BCUT2D eigenvalue weighted by Crippen LogP contribution is 2.62. The Morgan fingerprint density at radius 1 is 0.508 bits per heavy atom. The molecule has 16 saturated carbocycles. The first-order valence-corrected chi connectivity index (χ1v) is 53.1. The first-order valence-electron chi connectivity index (χ1n) is 46.6. The highest BCUT2D eigenvalue weighted by molar-refractivity contribution is 7.98. The summed E-state index contributed by atoms with van der Waals surface area (Å²) in [6, 6.07) is 14.3. The van der Waals surface area contributed by atoms with E-state index in [1.807, 2.05) is 52.0 Å². The summed E-state index contributed by atoms with van der Waals surface area (Å²) in [6.07, 6.45) is 37.3. The van der Waals surface area contributed by atoms with Crippen molar-refractivity contribution in [1.29, 1.82) is 0 Å². The van der Waals surface area contributed by atoms with E-state index in [2.05, 4.69) is 56.9 Å². The summed E-state index contributed by atoms with van der Waals surface area (Å²) in [6.45, 7) is 31.1. The highest BCUT2D eigenvalue weighted by Gasteiger charge is 2.60. The summed E-state index contributed by atoms with van der Waals surface area (Å²) in [4.78, 5) is 69.8. The Morgan fingerprint density at radius 2 is 0.825 bits per heavy atom. The smallest absolute Gasteiger partial charge is 0.367 e. The molecule has 2 aromatic rings. The Hall–Kier alpha value is -5.62. The molecule has 0 spiro atoms. The molecule has 2 saturated heterocycles. The molecule has 0 amide bonds. The summed E-state index contributed by atoms with van der Waals surface area (Å²) in [7, 11) is -9.43. The SMILES string of the molecule is C=C(C)C(=O)OCC(F)(F)S(=O)(=O)[O-].C=C(C)C(=O)OCOC1C2CC3CC(C2)CC1C3.C=Cc1ccc(O)cc1.CC1(OC(=O)C[S+]2CCCC2)C2CC3CC(C2)CC1C3.CC1(OC(=O)C[S+]2CCCC2)C2CC3CC(C2)CC1C3.CCC(C)(C)C(=O)OCCS(=O)(=O)[O-].CCC(C)(C)C(=O)OCOC1C2CC3CC(C2)CC1C3.CCC(C)c1ccc(O)cc1. The topological polar surface area (TPSA) is 331 Å². The van der Waals surface area contributed by atoms with Gasteiger partial charge in [0, 0.05) is 11.1 Å². The molecule has 1 atom stereocenters. The fourth-order valence-corrected chi connectivity index (χ4v) is 27.5. The molecule has 22 nitrogen and oxygen atoms in total. The van der Waals surface area contributed by atoms with Gasteiger partial charge >= 0.3 is 41.1 Å². The molecule has 20 rings (SSSR count). The van der Waals surface area contributed by atoms with Crippen LogP contribution in [-0.2, 0) is 109 Å². The van der Waals surface area contributed by atoms with Gasteiger partial charge in [-0.05, 0) is 387 Å². The molecule has 18 aliphatic rings. The number of carbonyl (C=O) groups excluding carboxylic acids is 6. The molecule has 2 heterocycles. The number of esters is 6. The van der Waals surface area contributed by atoms with Crippen molar-refractivity contribution < 1.29 is 112 Å². The zero-order valence-corrected chi connectivity index (χ0v) is 80.4. The van der Waals surface area contributed by atoms with Gasteiger partial charge in [-0.1, -0.05) is 77.8 Å². The molecule has 18 fully saturated rings. The standard InChI is InChI=1S/C17H28O3.2C17H27O2S.C15H22O3.C10H14O.C8H16O5S.C8H8O.C6H8F2O5S/c1-4-17(2,3)16(18)20-10-19-15-13-6-11-5-12(8-13)9-14(15)7-11;2*1-17(19-16(18)11-20-4-2-3-5-20)14-7-12-6-13(9-14)10-15(17)8-12;1-9(2)15(16)18-8-17-14-12-4-10-3-11(6-12)7-13(14)5-10;1-3-8(2)9-4-6-10(11)7-5-9;1-4-8(2,3)7(9)13-5-6-14(10,11)12;1-2-7-3-5-8(9)6-4-7;1-4(2)5(9)13-3-6(7,8)14(10,11)12/h11-15H,4-10H2,1-3H3;2*12-15H,2-11H2,1H3;10-14H,1,3-8H2,2H3;4-8,11H,3H2,1-2H3;4-6H2,1-3H3,(H,10,11,12);2-6,9H,1H2;1,3H2,2H3,(H,10,11,12)/q;2*+1;;;;;/p-2. The number of hydrogen-bond acceptors (Lipinski definition) is 22. The summed E-state index contributed by atoms with van der Waals surface area (Å²) >= 11 is 0.